The highest BCUT2D eigenvalue weighted by molar-refractivity contribution is 5.65. The second-order valence-electron chi connectivity index (χ2n) is 3.35. The lowest BCUT2D eigenvalue weighted by atomic mass is 10.1. The van der Waals surface area contributed by atoms with Crippen molar-refractivity contribution in [3.63, 3.8) is 0 Å². The standard InChI is InChI=1S/C11H9N3/c1-2-4-10-7-11-13-12-8-14(11)6-5-9(10)3-1/h1-6,8H,7H2. The van der Waals surface area contributed by atoms with Crippen LogP contribution in [-0.4, -0.2) is 14.8 Å². The highest BCUT2D eigenvalue weighted by Gasteiger charge is 2.09. The maximum absolute atomic E-state index is 4.08. The van der Waals surface area contributed by atoms with Gasteiger partial charge in [0.15, 0.2) is 0 Å². The third kappa shape index (κ3) is 1.06. The van der Waals surface area contributed by atoms with Crippen LogP contribution in [-0.2, 0) is 6.42 Å². The highest BCUT2D eigenvalue weighted by Crippen LogP contribution is 2.18. The Hall–Kier alpha value is -1.90. The Balaban J connectivity index is 2.19. The molecule has 0 atom stereocenters. The smallest absolute Gasteiger partial charge is 0.141 e. The zero-order chi connectivity index (χ0) is 9.38. The molecule has 0 unspecified atom stereocenters. The SMILES string of the molecule is C1=Cn2cnnc2Cc2ccccc21. The Morgan fingerprint density at radius 1 is 1.21 bits per heavy atom. The van der Waals surface area contributed by atoms with Gasteiger partial charge in [0.25, 0.3) is 0 Å². The zero-order valence-electron chi connectivity index (χ0n) is 7.59. The summed E-state index contributed by atoms with van der Waals surface area (Å²) in [5, 5.41) is 7.96. The van der Waals surface area contributed by atoms with E-state index in [-0.39, 0.29) is 0 Å². The van der Waals surface area contributed by atoms with Crippen LogP contribution in [0.5, 0.6) is 0 Å². The van der Waals surface area contributed by atoms with Gasteiger partial charge in [-0.3, -0.25) is 4.57 Å². The Morgan fingerprint density at radius 3 is 3.14 bits per heavy atom. The Labute approximate surface area is 81.7 Å². The van der Waals surface area contributed by atoms with Crippen LogP contribution >= 0.6 is 0 Å². The molecule has 0 saturated heterocycles. The molecular formula is C11H9N3. The van der Waals surface area contributed by atoms with Crippen molar-refractivity contribution in [3.8, 4) is 0 Å². The third-order valence-corrected chi connectivity index (χ3v) is 2.47. The van der Waals surface area contributed by atoms with Crippen LogP contribution in [0.3, 0.4) is 0 Å². The highest BCUT2D eigenvalue weighted by atomic mass is 15.2. The summed E-state index contributed by atoms with van der Waals surface area (Å²) in [4.78, 5) is 0. The molecule has 0 amide bonds. The van der Waals surface area contributed by atoms with Gasteiger partial charge in [-0.15, -0.1) is 10.2 Å². The van der Waals surface area contributed by atoms with Crippen LogP contribution in [0.1, 0.15) is 17.0 Å². The fraction of sp³-hybridized carbons (Fsp3) is 0.0909. The summed E-state index contributed by atoms with van der Waals surface area (Å²) in [6.45, 7) is 0. The van der Waals surface area contributed by atoms with Gasteiger partial charge in [0, 0.05) is 12.6 Å². The average molecular weight is 183 g/mol. The van der Waals surface area contributed by atoms with E-state index in [9.17, 15) is 0 Å². The Morgan fingerprint density at radius 2 is 2.14 bits per heavy atom. The molecule has 1 aromatic carbocycles. The summed E-state index contributed by atoms with van der Waals surface area (Å²) in [5.41, 5.74) is 2.56. The molecule has 1 aliphatic heterocycles. The van der Waals surface area contributed by atoms with Crippen molar-refractivity contribution in [1.82, 2.24) is 14.8 Å². The maximum Gasteiger partial charge on any atom is 0.141 e. The van der Waals surface area contributed by atoms with Crippen molar-refractivity contribution in [1.29, 1.82) is 0 Å². The van der Waals surface area contributed by atoms with E-state index in [0.717, 1.165) is 12.2 Å². The van der Waals surface area contributed by atoms with E-state index < -0.39 is 0 Å². The van der Waals surface area contributed by atoms with Gasteiger partial charge in [-0.2, -0.15) is 0 Å². The lowest BCUT2D eigenvalue weighted by molar-refractivity contribution is 0.939. The van der Waals surface area contributed by atoms with Crippen LogP contribution in [0.15, 0.2) is 30.6 Å². The summed E-state index contributed by atoms with van der Waals surface area (Å²) < 4.78 is 1.96. The summed E-state index contributed by atoms with van der Waals surface area (Å²) in [7, 11) is 0. The van der Waals surface area contributed by atoms with Crippen molar-refractivity contribution in [3.05, 3.63) is 47.5 Å². The van der Waals surface area contributed by atoms with Crippen molar-refractivity contribution >= 4 is 12.3 Å². The maximum atomic E-state index is 4.08. The topological polar surface area (TPSA) is 30.7 Å². The summed E-state index contributed by atoms with van der Waals surface area (Å²) in [5.74, 6) is 0.992. The van der Waals surface area contributed by atoms with Gasteiger partial charge in [-0.25, -0.2) is 0 Å². The molecule has 0 saturated carbocycles. The first-order valence-corrected chi connectivity index (χ1v) is 4.58. The minimum atomic E-state index is 0.850. The van der Waals surface area contributed by atoms with Crippen LogP contribution in [0, 0.1) is 0 Å². The summed E-state index contributed by atoms with van der Waals surface area (Å²) >= 11 is 0. The number of nitrogens with zero attached hydrogens (tertiary/aromatic N) is 3. The quantitative estimate of drug-likeness (QED) is 0.532. The van der Waals surface area contributed by atoms with E-state index in [1.165, 1.54) is 11.1 Å². The molecular weight excluding hydrogens is 174 g/mol. The minimum absolute atomic E-state index is 0.850. The lowest BCUT2D eigenvalue weighted by Gasteiger charge is -2.00. The normalized spacial score (nSPS) is 13.1. The van der Waals surface area contributed by atoms with Gasteiger partial charge in [-0.1, -0.05) is 24.3 Å². The third-order valence-electron chi connectivity index (χ3n) is 2.47. The molecule has 3 rings (SSSR count). The number of aromatic nitrogens is 3. The number of fused-ring (bicyclic) bond motifs is 2. The molecule has 1 aromatic heterocycles. The molecule has 0 radical (unpaired) electrons. The first kappa shape index (κ1) is 7.50. The molecule has 0 fully saturated rings. The van der Waals surface area contributed by atoms with Crippen LogP contribution < -0.4 is 0 Å². The number of hydrogen-bond donors (Lipinski definition) is 0. The van der Waals surface area contributed by atoms with E-state index in [1.54, 1.807) is 6.33 Å². The molecule has 2 heterocycles. The van der Waals surface area contributed by atoms with E-state index in [2.05, 4.69) is 40.5 Å². The molecule has 3 heteroatoms. The van der Waals surface area contributed by atoms with E-state index in [0.29, 0.717) is 0 Å². The molecule has 0 bridgehead atoms. The van der Waals surface area contributed by atoms with Crippen LogP contribution in [0.25, 0.3) is 12.3 Å². The molecule has 0 spiro atoms. The molecule has 0 aliphatic carbocycles. The first-order valence-electron chi connectivity index (χ1n) is 4.58. The molecule has 2 aromatic rings. The summed E-state index contributed by atoms with van der Waals surface area (Å²) in [6, 6.07) is 8.35. The number of rotatable bonds is 0. The van der Waals surface area contributed by atoms with E-state index in [4.69, 9.17) is 0 Å². The van der Waals surface area contributed by atoms with Gasteiger partial charge >= 0.3 is 0 Å². The predicted octanol–water partition coefficient (Wildman–Crippen LogP) is 1.81. The monoisotopic (exact) mass is 183 g/mol. The van der Waals surface area contributed by atoms with Gasteiger partial charge < -0.3 is 0 Å². The van der Waals surface area contributed by atoms with Gasteiger partial charge in [0.1, 0.15) is 12.2 Å². The van der Waals surface area contributed by atoms with Crippen molar-refractivity contribution < 1.29 is 0 Å². The van der Waals surface area contributed by atoms with Crippen molar-refractivity contribution in [2.45, 2.75) is 6.42 Å². The van der Waals surface area contributed by atoms with Crippen molar-refractivity contribution in [2.75, 3.05) is 0 Å². The largest absolute Gasteiger partial charge is 0.292 e. The first-order chi connectivity index (χ1) is 6.93. The van der Waals surface area contributed by atoms with Crippen LogP contribution in [0.2, 0.25) is 0 Å². The zero-order valence-corrected chi connectivity index (χ0v) is 7.59. The Kier molecular flexibility index (Phi) is 1.50. The number of hydrogen-bond acceptors (Lipinski definition) is 2. The average Bonchev–Trinajstić information content (AvgIpc) is 2.58. The Bertz CT molecular complexity index is 497. The molecule has 68 valence electrons. The molecule has 0 N–H and O–H groups in total. The summed E-state index contributed by atoms with van der Waals surface area (Å²) in [6.07, 6.45) is 6.68. The van der Waals surface area contributed by atoms with E-state index in [1.807, 2.05) is 10.8 Å². The van der Waals surface area contributed by atoms with Crippen LogP contribution in [0.4, 0.5) is 0 Å². The fourth-order valence-corrected chi connectivity index (χ4v) is 1.71. The van der Waals surface area contributed by atoms with Gasteiger partial charge in [0.2, 0.25) is 0 Å². The second kappa shape index (κ2) is 2.80. The molecule has 14 heavy (non-hydrogen) atoms. The lowest BCUT2D eigenvalue weighted by Crippen LogP contribution is -1.95. The van der Waals surface area contributed by atoms with Crippen molar-refractivity contribution in [2.24, 2.45) is 0 Å². The number of benzene rings is 1. The fourth-order valence-electron chi connectivity index (χ4n) is 1.71. The minimum Gasteiger partial charge on any atom is -0.292 e. The molecule has 1 aliphatic rings. The predicted molar refractivity (Wildman–Crippen MR) is 54.5 cm³/mol. The van der Waals surface area contributed by atoms with Gasteiger partial charge in [-0.05, 0) is 17.2 Å². The second-order valence-corrected chi connectivity index (χ2v) is 3.35. The van der Waals surface area contributed by atoms with Gasteiger partial charge in [0.05, 0.1) is 0 Å². The molecule has 3 nitrogen and oxygen atoms in total. The van der Waals surface area contributed by atoms with E-state index >= 15 is 0 Å².